The molecule has 1 aromatic rings. The van der Waals surface area contributed by atoms with Crippen LogP contribution in [-0.4, -0.2) is 19.0 Å². The van der Waals surface area contributed by atoms with E-state index >= 15 is 0 Å². The Morgan fingerprint density at radius 1 is 1.29 bits per heavy atom. The summed E-state index contributed by atoms with van der Waals surface area (Å²) in [7, 11) is 0. The molecule has 0 bridgehead atoms. The molecule has 1 saturated carbocycles. The summed E-state index contributed by atoms with van der Waals surface area (Å²) in [6.07, 6.45) is 5.82. The van der Waals surface area contributed by atoms with Gasteiger partial charge in [0.15, 0.2) is 11.5 Å². The lowest BCUT2D eigenvalue weighted by Crippen LogP contribution is -2.12. The van der Waals surface area contributed by atoms with E-state index in [-0.39, 0.29) is 0 Å². The van der Waals surface area contributed by atoms with Gasteiger partial charge < -0.3 is 9.47 Å². The van der Waals surface area contributed by atoms with Crippen molar-refractivity contribution in [2.24, 2.45) is 0 Å². The Labute approximate surface area is 102 Å². The quantitative estimate of drug-likeness (QED) is 0.734. The Kier molecular flexibility index (Phi) is 4.02. The molecular formula is C14H18O3. The Morgan fingerprint density at radius 3 is 2.71 bits per heavy atom. The van der Waals surface area contributed by atoms with Gasteiger partial charge in [-0.1, -0.05) is 0 Å². The van der Waals surface area contributed by atoms with E-state index < -0.39 is 0 Å². The first kappa shape index (κ1) is 12.0. The van der Waals surface area contributed by atoms with E-state index in [0.29, 0.717) is 24.0 Å². The average molecular weight is 234 g/mol. The molecule has 0 N–H and O–H groups in total. The third kappa shape index (κ3) is 2.99. The van der Waals surface area contributed by atoms with Gasteiger partial charge in [-0.2, -0.15) is 0 Å². The van der Waals surface area contributed by atoms with Gasteiger partial charge in [-0.3, -0.25) is 4.79 Å². The number of ether oxygens (including phenoxy) is 2. The highest BCUT2D eigenvalue weighted by Crippen LogP contribution is 2.32. The van der Waals surface area contributed by atoms with Gasteiger partial charge in [-0.05, 0) is 50.8 Å². The number of rotatable bonds is 5. The molecular weight excluding hydrogens is 216 g/mol. The average Bonchev–Trinajstić information content (AvgIpc) is 2.84. The second kappa shape index (κ2) is 5.71. The van der Waals surface area contributed by atoms with Gasteiger partial charge in [0.05, 0.1) is 12.7 Å². The maximum atomic E-state index is 10.7. The number of benzene rings is 1. The summed E-state index contributed by atoms with van der Waals surface area (Å²) in [5, 5.41) is 0. The van der Waals surface area contributed by atoms with Crippen LogP contribution in [0.2, 0.25) is 0 Å². The number of carbonyl (C=O) groups excluding carboxylic acids is 1. The maximum Gasteiger partial charge on any atom is 0.161 e. The van der Waals surface area contributed by atoms with Crippen LogP contribution in [0.5, 0.6) is 11.5 Å². The van der Waals surface area contributed by atoms with Gasteiger partial charge in [0.25, 0.3) is 0 Å². The molecule has 1 aliphatic rings. The molecule has 0 radical (unpaired) electrons. The van der Waals surface area contributed by atoms with Gasteiger partial charge in [-0.15, -0.1) is 0 Å². The van der Waals surface area contributed by atoms with Gasteiger partial charge in [-0.25, -0.2) is 0 Å². The van der Waals surface area contributed by atoms with E-state index in [9.17, 15) is 4.79 Å². The normalized spacial score (nSPS) is 15.8. The van der Waals surface area contributed by atoms with Crippen molar-refractivity contribution in [1.29, 1.82) is 0 Å². The summed E-state index contributed by atoms with van der Waals surface area (Å²) in [4.78, 5) is 10.7. The lowest BCUT2D eigenvalue weighted by atomic mass is 10.2. The van der Waals surface area contributed by atoms with E-state index in [2.05, 4.69) is 0 Å². The Balaban J connectivity index is 2.15. The molecule has 17 heavy (non-hydrogen) atoms. The summed E-state index contributed by atoms with van der Waals surface area (Å²) in [5.74, 6) is 1.42. The zero-order valence-corrected chi connectivity index (χ0v) is 10.1. The summed E-state index contributed by atoms with van der Waals surface area (Å²) < 4.78 is 11.4. The van der Waals surface area contributed by atoms with Crippen molar-refractivity contribution in [3.8, 4) is 11.5 Å². The predicted octanol–water partition coefficient (Wildman–Crippen LogP) is 3.22. The van der Waals surface area contributed by atoms with Crippen molar-refractivity contribution in [1.82, 2.24) is 0 Å². The highest BCUT2D eigenvalue weighted by atomic mass is 16.5. The first-order valence-electron chi connectivity index (χ1n) is 6.22. The van der Waals surface area contributed by atoms with Gasteiger partial charge >= 0.3 is 0 Å². The van der Waals surface area contributed by atoms with Crippen LogP contribution < -0.4 is 9.47 Å². The highest BCUT2D eigenvalue weighted by Gasteiger charge is 2.18. The van der Waals surface area contributed by atoms with E-state index in [1.54, 1.807) is 12.1 Å². The summed E-state index contributed by atoms with van der Waals surface area (Å²) >= 11 is 0. The van der Waals surface area contributed by atoms with Gasteiger partial charge in [0.2, 0.25) is 0 Å². The molecule has 0 heterocycles. The van der Waals surface area contributed by atoms with Crippen LogP contribution in [0.4, 0.5) is 0 Å². The minimum Gasteiger partial charge on any atom is -0.490 e. The molecule has 3 heteroatoms. The Bertz CT molecular complexity index is 381. The highest BCUT2D eigenvalue weighted by molar-refractivity contribution is 5.76. The van der Waals surface area contributed by atoms with Crippen LogP contribution in [0.15, 0.2) is 18.2 Å². The first-order valence-corrected chi connectivity index (χ1v) is 6.22. The van der Waals surface area contributed by atoms with E-state index in [0.717, 1.165) is 24.9 Å². The number of carbonyl (C=O) groups is 1. The molecule has 0 saturated heterocycles. The van der Waals surface area contributed by atoms with Crippen molar-refractivity contribution in [2.75, 3.05) is 6.61 Å². The van der Waals surface area contributed by atoms with Crippen molar-refractivity contribution >= 4 is 6.29 Å². The van der Waals surface area contributed by atoms with E-state index in [1.165, 1.54) is 12.8 Å². The van der Waals surface area contributed by atoms with Crippen molar-refractivity contribution in [3.63, 3.8) is 0 Å². The molecule has 0 spiro atoms. The van der Waals surface area contributed by atoms with E-state index in [1.807, 2.05) is 13.0 Å². The Hall–Kier alpha value is -1.51. The fourth-order valence-corrected chi connectivity index (χ4v) is 2.15. The molecule has 0 atom stereocenters. The molecule has 0 aromatic heterocycles. The van der Waals surface area contributed by atoms with Crippen LogP contribution in [0, 0.1) is 0 Å². The van der Waals surface area contributed by atoms with Crippen LogP contribution in [0.3, 0.4) is 0 Å². The molecule has 3 nitrogen and oxygen atoms in total. The third-order valence-electron chi connectivity index (χ3n) is 3.00. The van der Waals surface area contributed by atoms with Gasteiger partial charge in [0, 0.05) is 5.56 Å². The summed E-state index contributed by atoms with van der Waals surface area (Å²) in [6, 6.07) is 5.33. The fraction of sp³-hybridized carbons (Fsp3) is 0.500. The van der Waals surface area contributed by atoms with Crippen LogP contribution in [0.1, 0.15) is 43.0 Å². The molecule has 2 rings (SSSR count). The monoisotopic (exact) mass is 234 g/mol. The molecule has 0 amide bonds. The van der Waals surface area contributed by atoms with Gasteiger partial charge in [0.1, 0.15) is 6.29 Å². The number of aldehydes is 1. The predicted molar refractivity (Wildman–Crippen MR) is 65.9 cm³/mol. The van der Waals surface area contributed by atoms with Crippen molar-refractivity contribution in [3.05, 3.63) is 23.8 Å². The molecule has 0 aliphatic heterocycles. The molecule has 1 aliphatic carbocycles. The van der Waals surface area contributed by atoms with Crippen LogP contribution in [-0.2, 0) is 0 Å². The standard InChI is InChI=1S/C14H18O3/c1-2-16-14-9-11(10-15)7-8-13(14)17-12-5-3-4-6-12/h7-10,12H,2-6H2,1H3. The lowest BCUT2D eigenvalue weighted by Gasteiger charge is -2.16. The molecule has 92 valence electrons. The minimum atomic E-state index is 0.302. The zero-order valence-electron chi connectivity index (χ0n) is 10.1. The van der Waals surface area contributed by atoms with Crippen LogP contribution in [0.25, 0.3) is 0 Å². The minimum absolute atomic E-state index is 0.302. The van der Waals surface area contributed by atoms with E-state index in [4.69, 9.17) is 9.47 Å². The third-order valence-corrected chi connectivity index (χ3v) is 3.00. The fourth-order valence-electron chi connectivity index (χ4n) is 2.15. The number of hydrogen-bond donors (Lipinski definition) is 0. The molecule has 1 fully saturated rings. The second-order valence-electron chi connectivity index (χ2n) is 4.28. The van der Waals surface area contributed by atoms with Crippen molar-refractivity contribution < 1.29 is 14.3 Å². The lowest BCUT2D eigenvalue weighted by molar-refractivity contribution is 0.112. The first-order chi connectivity index (χ1) is 8.33. The smallest absolute Gasteiger partial charge is 0.161 e. The Morgan fingerprint density at radius 2 is 2.06 bits per heavy atom. The zero-order chi connectivity index (χ0) is 12.1. The SMILES string of the molecule is CCOc1cc(C=O)ccc1OC1CCCC1. The van der Waals surface area contributed by atoms with Crippen LogP contribution >= 0.6 is 0 Å². The summed E-state index contributed by atoms with van der Waals surface area (Å²) in [6.45, 7) is 2.50. The maximum absolute atomic E-state index is 10.7. The van der Waals surface area contributed by atoms with Crippen molar-refractivity contribution in [2.45, 2.75) is 38.7 Å². The topological polar surface area (TPSA) is 35.5 Å². The molecule has 0 unspecified atom stereocenters. The number of hydrogen-bond acceptors (Lipinski definition) is 3. The second-order valence-corrected chi connectivity index (χ2v) is 4.28. The molecule has 1 aromatic carbocycles. The largest absolute Gasteiger partial charge is 0.490 e. The summed E-state index contributed by atoms with van der Waals surface area (Å²) in [5.41, 5.74) is 0.618.